The van der Waals surface area contributed by atoms with Crippen LogP contribution in [0.15, 0.2) is 36.9 Å². The Morgan fingerprint density at radius 2 is 2.10 bits per heavy atom. The van der Waals surface area contributed by atoms with Crippen LogP contribution in [-0.4, -0.2) is 57.7 Å². The van der Waals surface area contributed by atoms with Crippen molar-refractivity contribution < 1.29 is 32.2 Å². The maximum absolute atomic E-state index is 12.1. The van der Waals surface area contributed by atoms with Gasteiger partial charge in [0.1, 0.15) is 6.61 Å². The van der Waals surface area contributed by atoms with E-state index in [1.807, 2.05) is 0 Å². The topological polar surface area (TPSA) is 108 Å². The van der Waals surface area contributed by atoms with Crippen LogP contribution in [0.25, 0.3) is 6.08 Å². The van der Waals surface area contributed by atoms with E-state index in [4.69, 9.17) is 14.2 Å². The quantitative estimate of drug-likeness (QED) is 0.364. The molecule has 1 aliphatic rings. The van der Waals surface area contributed by atoms with Crippen LogP contribution in [-0.2, 0) is 24.2 Å². The monoisotopic (exact) mass is 423 g/mol. The fourth-order valence-corrected chi connectivity index (χ4v) is 4.39. The first-order chi connectivity index (χ1) is 13.7. The lowest BCUT2D eigenvalue weighted by atomic mass is 10.2. The molecule has 0 unspecified atom stereocenters. The van der Waals surface area contributed by atoms with E-state index >= 15 is 0 Å². The number of carbonyl (C=O) groups is 2. The van der Waals surface area contributed by atoms with Gasteiger partial charge in [0.15, 0.2) is 27.4 Å². The molecule has 1 aromatic rings. The fraction of sp³-hybridized carbons (Fsp3) is 0.400. The molecular formula is C20H25NO7S. The molecule has 0 spiro atoms. The Labute approximate surface area is 170 Å². The average molecular weight is 423 g/mol. The minimum atomic E-state index is -3.10. The summed E-state index contributed by atoms with van der Waals surface area (Å²) in [4.78, 5) is 24.1. The molecule has 1 saturated heterocycles. The molecule has 9 heteroatoms. The lowest BCUT2D eigenvalue weighted by molar-refractivity contribution is -0.150. The third-order valence-electron chi connectivity index (χ3n) is 4.20. The summed E-state index contributed by atoms with van der Waals surface area (Å²) in [6.45, 7) is 5.35. The Morgan fingerprint density at radius 3 is 2.72 bits per heavy atom. The molecular weight excluding hydrogens is 398 g/mol. The summed E-state index contributed by atoms with van der Waals surface area (Å²) >= 11 is 0. The normalized spacial score (nSPS) is 18.8. The van der Waals surface area contributed by atoms with Gasteiger partial charge in [-0.05, 0) is 37.1 Å². The molecule has 1 amide bonds. The minimum Gasteiger partial charge on any atom is -0.493 e. The Hall–Kier alpha value is -2.81. The van der Waals surface area contributed by atoms with Crippen LogP contribution in [0.1, 0.15) is 18.9 Å². The van der Waals surface area contributed by atoms with Crippen molar-refractivity contribution in [3.63, 3.8) is 0 Å². The predicted molar refractivity (Wildman–Crippen MR) is 108 cm³/mol. The van der Waals surface area contributed by atoms with Crippen molar-refractivity contribution >= 4 is 27.8 Å². The van der Waals surface area contributed by atoms with Gasteiger partial charge in [0.25, 0.3) is 5.91 Å². The van der Waals surface area contributed by atoms with Crippen molar-refractivity contribution in [1.82, 2.24) is 5.32 Å². The number of amides is 1. The molecule has 0 aromatic heterocycles. The molecule has 29 heavy (non-hydrogen) atoms. The van der Waals surface area contributed by atoms with Crippen LogP contribution in [0.3, 0.4) is 0 Å². The van der Waals surface area contributed by atoms with Crippen molar-refractivity contribution in [2.45, 2.75) is 25.5 Å². The lowest BCUT2D eigenvalue weighted by Gasteiger charge is -2.15. The summed E-state index contributed by atoms with van der Waals surface area (Å²) in [6.07, 6.45) is 3.66. The second-order valence-corrected chi connectivity index (χ2v) is 8.76. The summed E-state index contributed by atoms with van der Waals surface area (Å²) < 4.78 is 38.7. The number of benzene rings is 1. The van der Waals surface area contributed by atoms with Gasteiger partial charge in [0.05, 0.1) is 18.6 Å². The number of methoxy groups -OCH3 is 1. The molecule has 0 saturated carbocycles. The standard InChI is InChI=1S/C20H25NO7S/c1-4-10-27-17-7-5-15(12-18(17)26-3)6-8-19(22)28-14(2)20(23)21-16-9-11-29(24,25)13-16/h4-8,12,14,16H,1,9-11,13H2,2-3H3,(H,21,23)/b8-6+/t14-,16-/m0/s1. The Morgan fingerprint density at radius 1 is 1.34 bits per heavy atom. The van der Waals surface area contributed by atoms with E-state index in [-0.39, 0.29) is 11.5 Å². The van der Waals surface area contributed by atoms with E-state index < -0.39 is 33.9 Å². The van der Waals surface area contributed by atoms with Crippen LogP contribution in [0.2, 0.25) is 0 Å². The molecule has 2 rings (SSSR count). The number of carbonyl (C=O) groups excluding carboxylic acids is 2. The van der Waals surface area contributed by atoms with E-state index in [0.717, 1.165) is 0 Å². The van der Waals surface area contributed by atoms with Gasteiger partial charge >= 0.3 is 5.97 Å². The Balaban J connectivity index is 1.89. The van der Waals surface area contributed by atoms with Gasteiger partial charge in [-0.2, -0.15) is 0 Å². The van der Waals surface area contributed by atoms with E-state index in [1.165, 1.54) is 26.2 Å². The summed E-state index contributed by atoms with van der Waals surface area (Å²) in [5, 5.41) is 2.59. The smallest absolute Gasteiger partial charge is 0.331 e. The molecule has 8 nitrogen and oxygen atoms in total. The Kier molecular flexibility index (Phi) is 7.83. The van der Waals surface area contributed by atoms with Gasteiger partial charge in [-0.3, -0.25) is 4.79 Å². The van der Waals surface area contributed by atoms with Gasteiger partial charge in [-0.25, -0.2) is 13.2 Å². The number of hydrogen-bond donors (Lipinski definition) is 1. The molecule has 1 aliphatic heterocycles. The fourth-order valence-electron chi connectivity index (χ4n) is 2.71. The summed E-state index contributed by atoms with van der Waals surface area (Å²) in [7, 11) is -1.59. The lowest BCUT2D eigenvalue weighted by Crippen LogP contribution is -2.42. The molecule has 158 valence electrons. The third kappa shape index (κ3) is 6.94. The zero-order valence-electron chi connectivity index (χ0n) is 16.4. The van der Waals surface area contributed by atoms with Crippen molar-refractivity contribution in [3.8, 4) is 11.5 Å². The molecule has 1 aromatic carbocycles. The number of hydrogen-bond acceptors (Lipinski definition) is 7. The zero-order valence-corrected chi connectivity index (χ0v) is 17.2. The SMILES string of the molecule is C=CCOc1ccc(/C=C/C(=O)O[C@@H](C)C(=O)N[C@H]2CCS(=O)(=O)C2)cc1OC. The second-order valence-electron chi connectivity index (χ2n) is 6.53. The number of nitrogens with one attached hydrogen (secondary N) is 1. The predicted octanol–water partition coefficient (Wildman–Crippen LogP) is 1.51. The first kappa shape index (κ1) is 22.5. The minimum absolute atomic E-state index is 0.0513. The third-order valence-corrected chi connectivity index (χ3v) is 5.97. The molecule has 1 heterocycles. The van der Waals surface area contributed by atoms with E-state index in [9.17, 15) is 18.0 Å². The summed E-state index contributed by atoms with van der Waals surface area (Å²) in [5.41, 5.74) is 0.679. The highest BCUT2D eigenvalue weighted by Gasteiger charge is 2.30. The molecule has 0 radical (unpaired) electrons. The first-order valence-electron chi connectivity index (χ1n) is 9.05. The van der Waals surface area contributed by atoms with E-state index in [0.29, 0.717) is 30.1 Å². The maximum Gasteiger partial charge on any atom is 0.331 e. The largest absolute Gasteiger partial charge is 0.493 e. The van der Waals surface area contributed by atoms with Crippen LogP contribution in [0.5, 0.6) is 11.5 Å². The first-order valence-corrected chi connectivity index (χ1v) is 10.9. The van der Waals surface area contributed by atoms with Gasteiger partial charge in [-0.1, -0.05) is 18.7 Å². The number of sulfone groups is 1. The molecule has 2 atom stereocenters. The average Bonchev–Trinajstić information content (AvgIpc) is 3.03. The maximum atomic E-state index is 12.1. The van der Waals surface area contributed by atoms with Crippen LogP contribution < -0.4 is 14.8 Å². The second kappa shape index (κ2) is 10.1. The number of rotatable bonds is 9. The highest BCUT2D eigenvalue weighted by molar-refractivity contribution is 7.91. The highest BCUT2D eigenvalue weighted by Crippen LogP contribution is 2.28. The molecule has 0 bridgehead atoms. The van der Waals surface area contributed by atoms with Gasteiger partial charge < -0.3 is 19.5 Å². The van der Waals surface area contributed by atoms with Crippen LogP contribution in [0, 0.1) is 0 Å². The van der Waals surface area contributed by atoms with Gasteiger partial charge in [-0.15, -0.1) is 0 Å². The number of esters is 1. The van der Waals surface area contributed by atoms with Gasteiger partial charge in [0.2, 0.25) is 0 Å². The van der Waals surface area contributed by atoms with Crippen molar-refractivity contribution in [2.24, 2.45) is 0 Å². The van der Waals surface area contributed by atoms with Crippen molar-refractivity contribution in [1.29, 1.82) is 0 Å². The van der Waals surface area contributed by atoms with Gasteiger partial charge in [0, 0.05) is 12.1 Å². The van der Waals surface area contributed by atoms with Crippen LogP contribution >= 0.6 is 0 Å². The zero-order chi connectivity index (χ0) is 21.4. The summed E-state index contributed by atoms with van der Waals surface area (Å²) in [5.74, 6) is -0.214. The Bertz CT molecular complexity index is 892. The van der Waals surface area contributed by atoms with Crippen molar-refractivity contribution in [3.05, 3.63) is 42.5 Å². The number of ether oxygens (including phenoxy) is 3. The van der Waals surface area contributed by atoms with E-state index in [1.54, 1.807) is 24.3 Å². The molecule has 1 fully saturated rings. The molecule has 0 aliphatic carbocycles. The highest BCUT2D eigenvalue weighted by atomic mass is 32.2. The van der Waals surface area contributed by atoms with E-state index in [2.05, 4.69) is 11.9 Å². The van der Waals surface area contributed by atoms with Crippen LogP contribution in [0.4, 0.5) is 0 Å². The summed E-state index contributed by atoms with van der Waals surface area (Å²) in [6, 6.07) is 4.69. The van der Waals surface area contributed by atoms with Crippen molar-refractivity contribution in [2.75, 3.05) is 25.2 Å². The molecule has 1 N–H and O–H groups in total.